The molecule has 0 spiro atoms. The highest BCUT2D eigenvalue weighted by molar-refractivity contribution is 8.18. The van der Waals surface area contributed by atoms with E-state index in [0.717, 1.165) is 22.2 Å². The third kappa shape index (κ3) is 4.12. The van der Waals surface area contributed by atoms with Crippen molar-refractivity contribution in [2.24, 2.45) is 0 Å². The zero-order valence-electron chi connectivity index (χ0n) is 15.0. The van der Waals surface area contributed by atoms with Crippen LogP contribution < -0.4 is 10.9 Å². The fourth-order valence-electron chi connectivity index (χ4n) is 2.83. The summed E-state index contributed by atoms with van der Waals surface area (Å²) >= 11 is 0.805. The molecular weight excluding hydrogens is 392 g/mol. The summed E-state index contributed by atoms with van der Waals surface area (Å²) in [6.07, 6.45) is 1.62. The molecule has 0 bridgehead atoms. The third-order valence-corrected chi connectivity index (χ3v) is 5.08. The monoisotopic (exact) mass is 406 g/mol. The molecule has 0 unspecified atom stereocenters. The van der Waals surface area contributed by atoms with Crippen molar-refractivity contribution in [3.63, 3.8) is 0 Å². The van der Waals surface area contributed by atoms with E-state index in [1.807, 2.05) is 30.3 Å². The van der Waals surface area contributed by atoms with Gasteiger partial charge in [-0.1, -0.05) is 30.3 Å². The van der Waals surface area contributed by atoms with E-state index in [-0.39, 0.29) is 4.91 Å². The molecule has 0 aliphatic carbocycles. The fourth-order valence-corrected chi connectivity index (χ4v) is 3.67. The van der Waals surface area contributed by atoms with Gasteiger partial charge in [-0.3, -0.25) is 19.3 Å². The largest absolute Gasteiger partial charge is 0.423 e. The van der Waals surface area contributed by atoms with E-state index >= 15 is 0 Å². The number of carbonyl (C=O) groups excluding carboxylic acids is 3. The number of hydrogen-bond donors (Lipinski definition) is 1. The van der Waals surface area contributed by atoms with E-state index in [2.05, 4.69) is 5.32 Å². The van der Waals surface area contributed by atoms with Crippen molar-refractivity contribution in [1.29, 1.82) is 0 Å². The second kappa shape index (κ2) is 7.76. The highest BCUT2D eigenvalue weighted by Gasteiger charge is 2.36. The highest BCUT2D eigenvalue weighted by atomic mass is 32.2. The minimum absolute atomic E-state index is 0.273. The molecule has 2 heterocycles. The van der Waals surface area contributed by atoms with E-state index in [1.54, 1.807) is 30.3 Å². The van der Waals surface area contributed by atoms with E-state index < -0.39 is 29.2 Å². The van der Waals surface area contributed by atoms with Gasteiger partial charge in [-0.25, -0.2) is 4.79 Å². The Morgan fingerprint density at radius 1 is 1.03 bits per heavy atom. The lowest BCUT2D eigenvalue weighted by Crippen LogP contribution is -2.36. The number of rotatable bonds is 4. The maximum Gasteiger partial charge on any atom is 0.336 e. The minimum Gasteiger partial charge on any atom is -0.423 e. The van der Waals surface area contributed by atoms with Crippen LogP contribution in [0.4, 0.5) is 10.5 Å². The Balaban J connectivity index is 1.46. The Hall–Kier alpha value is -3.65. The summed E-state index contributed by atoms with van der Waals surface area (Å²) in [5.41, 5.74) is 1.19. The molecule has 1 fully saturated rings. The number of nitrogens with zero attached hydrogens (tertiary/aromatic N) is 1. The second-order valence-corrected chi connectivity index (χ2v) is 7.23. The lowest BCUT2D eigenvalue weighted by molar-refractivity contribution is -0.127. The van der Waals surface area contributed by atoms with Crippen LogP contribution in [0.2, 0.25) is 0 Å². The molecule has 0 atom stereocenters. The van der Waals surface area contributed by atoms with Crippen LogP contribution in [0.5, 0.6) is 0 Å². The number of imide groups is 1. The molecule has 29 heavy (non-hydrogen) atoms. The van der Waals surface area contributed by atoms with Crippen molar-refractivity contribution in [1.82, 2.24) is 4.90 Å². The van der Waals surface area contributed by atoms with Crippen molar-refractivity contribution < 1.29 is 18.8 Å². The number of hydrogen-bond acceptors (Lipinski definition) is 6. The summed E-state index contributed by atoms with van der Waals surface area (Å²) in [6.45, 7) is -0.390. The molecule has 1 aromatic heterocycles. The number of carbonyl (C=O) groups is 3. The molecule has 8 heteroatoms. The molecule has 144 valence electrons. The van der Waals surface area contributed by atoms with Crippen molar-refractivity contribution in [2.45, 2.75) is 0 Å². The maximum atomic E-state index is 12.5. The summed E-state index contributed by atoms with van der Waals surface area (Å²) in [4.78, 5) is 49.5. The number of nitrogens with one attached hydrogen (secondary N) is 1. The first-order valence-corrected chi connectivity index (χ1v) is 9.45. The van der Waals surface area contributed by atoms with Gasteiger partial charge >= 0.3 is 5.63 Å². The summed E-state index contributed by atoms with van der Waals surface area (Å²) in [6, 6.07) is 16.8. The van der Waals surface area contributed by atoms with Gasteiger partial charge in [0.2, 0.25) is 5.91 Å². The predicted octanol–water partition coefficient (Wildman–Crippen LogP) is 3.47. The summed E-state index contributed by atoms with van der Waals surface area (Å²) in [5, 5.41) is 2.79. The van der Waals surface area contributed by atoms with Gasteiger partial charge in [-0.2, -0.15) is 0 Å². The van der Waals surface area contributed by atoms with Crippen molar-refractivity contribution >= 4 is 51.5 Å². The van der Waals surface area contributed by atoms with Crippen LogP contribution in [0.3, 0.4) is 0 Å². The SMILES string of the molecule is O=C(CN1C(=O)SC(=Cc2ccccc2)C1=O)Nc1ccc2oc(=O)ccc2c1. The molecule has 1 N–H and O–H groups in total. The molecular formula is C21H14N2O5S. The molecule has 2 aromatic carbocycles. The normalized spacial score (nSPS) is 15.3. The molecule has 1 saturated heterocycles. The zero-order chi connectivity index (χ0) is 20.4. The van der Waals surface area contributed by atoms with Gasteiger partial charge in [0.15, 0.2) is 0 Å². The van der Waals surface area contributed by atoms with Gasteiger partial charge < -0.3 is 9.73 Å². The average molecular weight is 406 g/mol. The Morgan fingerprint density at radius 2 is 1.83 bits per heavy atom. The van der Waals surface area contributed by atoms with Crippen LogP contribution in [0.1, 0.15) is 5.56 Å². The molecule has 4 rings (SSSR count). The Morgan fingerprint density at radius 3 is 2.62 bits per heavy atom. The number of anilines is 1. The quantitative estimate of drug-likeness (QED) is 0.526. The van der Waals surface area contributed by atoms with Gasteiger partial charge in [-0.15, -0.1) is 0 Å². The van der Waals surface area contributed by atoms with E-state index in [4.69, 9.17) is 4.42 Å². The van der Waals surface area contributed by atoms with Crippen LogP contribution in [-0.2, 0) is 9.59 Å². The van der Waals surface area contributed by atoms with Gasteiger partial charge in [0.05, 0.1) is 4.91 Å². The second-order valence-electron chi connectivity index (χ2n) is 6.23. The Kier molecular flexibility index (Phi) is 5.01. The fraction of sp³-hybridized carbons (Fsp3) is 0.0476. The van der Waals surface area contributed by atoms with Crippen LogP contribution in [0.25, 0.3) is 17.0 Å². The van der Waals surface area contributed by atoms with E-state index in [1.165, 1.54) is 6.07 Å². The lowest BCUT2D eigenvalue weighted by atomic mass is 10.2. The molecule has 0 saturated carbocycles. The standard InChI is InChI=1S/C21H14N2O5S/c24-18(22-15-7-8-16-14(11-15)6-9-19(25)28-16)12-23-20(26)17(29-21(23)27)10-13-4-2-1-3-5-13/h1-11H,12H2,(H,22,24). The summed E-state index contributed by atoms with van der Waals surface area (Å²) < 4.78 is 5.04. The van der Waals surface area contributed by atoms with Crippen molar-refractivity contribution in [3.8, 4) is 0 Å². The Labute approximate surface area is 169 Å². The molecule has 7 nitrogen and oxygen atoms in total. The van der Waals surface area contributed by atoms with Crippen LogP contribution in [0.15, 0.2) is 74.8 Å². The predicted molar refractivity (Wildman–Crippen MR) is 110 cm³/mol. The highest BCUT2D eigenvalue weighted by Crippen LogP contribution is 2.32. The minimum atomic E-state index is -0.509. The average Bonchev–Trinajstić information content (AvgIpc) is 2.96. The maximum absolute atomic E-state index is 12.5. The number of fused-ring (bicyclic) bond motifs is 1. The van der Waals surface area contributed by atoms with Gasteiger partial charge in [0, 0.05) is 17.1 Å². The molecule has 0 radical (unpaired) electrons. The van der Waals surface area contributed by atoms with Crippen molar-refractivity contribution in [3.05, 3.63) is 81.6 Å². The zero-order valence-corrected chi connectivity index (χ0v) is 15.8. The molecule has 3 amide bonds. The van der Waals surface area contributed by atoms with Crippen LogP contribution in [-0.4, -0.2) is 28.5 Å². The Bertz CT molecular complexity index is 1220. The van der Waals surface area contributed by atoms with Crippen LogP contribution >= 0.6 is 11.8 Å². The first-order valence-electron chi connectivity index (χ1n) is 8.64. The molecule has 3 aromatic rings. The first-order chi connectivity index (χ1) is 14.0. The van der Waals surface area contributed by atoms with Crippen LogP contribution in [0, 0.1) is 0 Å². The topological polar surface area (TPSA) is 96.7 Å². The van der Waals surface area contributed by atoms with Gasteiger partial charge in [-0.05, 0) is 47.7 Å². The number of thioether (sulfide) groups is 1. The summed E-state index contributed by atoms with van der Waals surface area (Å²) in [7, 11) is 0. The smallest absolute Gasteiger partial charge is 0.336 e. The first kappa shape index (κ1) is 18.7. The van der Waals surface area contributed by atoms with Gasteiger partial charge in [0.25, 0.3) is 11.1 Å². The third-order valence-electron chi connectivity index (χ3n) is 4.18. The van der Waals surface area contributed by atoms with E-state index in [0.29, 0.717) is 16.7 Å². The molecule has 1 aliphatic rings. The number of benzene rings is 2. The lowest BCUT2D eigenvalue weighted by Gasteiger charge is -2.12. The van der Waals surface area contributed by atoms with Crippen molar-refractivity contribution in [2.75, 3.05) is 11.9 Å². The number of amides is 3. The van der Waals surface area contributed by atoms with E-state index in [9.17, 15) is 19.2 Å². The van der Waals surface area contributed by atoms with Gasteiger partial charge in [0.1, 0.15) is 12.1 Å². The summed E-state index contributed by atoms with van der Waals surface area (Å²) in [5.74, 6) is -1.01. The molecule has 1 aliphatic heterocycles.